The average Bonchev–Trinajstić information content (AvgIpc) is 2.76. The molecule has 0 aliphatic carbocycles. The van der Waals surface area contributed by atoms with Gasteiger partial charge in [-0.1, -0.05) is 23.3 Å². The Morgan fingerprint density at radius 2 is 0.882 bits per heavy atom. The molecule has 5 rings (SSSR count). The van der Waals surface area contributed by atoms with E-state index in [1.807, 2.05) is 0 Å². The zero-order chi connectivity index (χ0) is 22.2. The third kappa shape index (κ3) is 5.24. The van der Waals surface area contributed by atoms with Crippen molar-refractivity contribution in [2.24, 2.45) is 0 Å². The topological polar surface area (TPSA) is 49.8 Å². The van der Waals surface area contributed by atoms with Crippen LogP contribution in [0.2, 0.25) is 0 Å². The molecule has 6 heteroatoms. The van der Waals surface area contributed by atoms with Gasteiger partial charge in [0, 0.05) is 22.1 Å². The Balaban J connectivity index is 0.00000162. The third-order valence-electron chi connectivity index (χ3n) is 5.77. The van der Waals surface area contributed by atoms with Crippen molar-refractivity contribution in [3.05, 3.63) is 95.1 Å². The van der Waals surface area contributed by atoms with E-state index in [4.69, 9.17) is 9.97 Å². The highest BCUT2D eigenvalue weighted by atomic mass is 35.5. The smallest absolute Gasteiger partial charge is 0.131 e. The Kier molecular flexibility index (Phi) is 7.65. The van der Waals surface area contributed by atoms with Crippen molar-refractivity contribution in [1.29, 1.82) is 0 Å². The first-order valence-electron chi connectivity index (χ1n) is 10.8. The second-order valence-corrected chi connectivity index (χ2v) is 8.52. The van der Waals surface area contributed by atoms with E-state index in [1.54, 1.807) is 0 Å². The number of halogens is 2. The molecule has 0 atom stereocenters. The number of aromatic nitrogens is 2. The van der Waals surface area contributed by atoms with Crippen molar-refractivity contribution in [3.8, 4) is 0 Å². The van der Waals surface area contributed by atoms with Gasteiger partial charge in [-0.25, -0.2) is 9.97 Å². The van der Waals surface area contributed by atoms with Gasteiger partial charge in [0.25, 0.3) is 0 Å². The fourth-order valence-electron chi connectivity index (χ4n) is 4.08. The maximum absolute atomic E-state index is 4.77. The van der Waals surface area contributed by atoms with E-state index in [-0.39, 0.29) is 24.8 Å². The highest BCUT2D eigenvalue weighted by Crippen LogP contribution is 2.26. The van der Waals surface area contributed by atoms with Crippen molar-refractivity contribution in [2.45, 2.75) is 27.7 Å². The highest BCUT2D eigenvalue weighted by molar-refractivity contribution is 5.86. The molecule has 0 bridgehead atoms. The quantitative estimate of drug-likeness (QED) is 0.265. The summed E-state index contributed by atoms with van der Waals surface area (Å²) in [6, 6.07) is 25.1. The molecule has 0 radical (unpaired) electrons. The van der Waals surface area contributed by atoms with Crippen LogP contribution in [0.4, 0.5) is 23.0 Å². The number of hydrogen-bond acceptors (Lipinski definition) is 4. The van der Waals surface area contributed by atoms with Crippen molar-refractivity contribution in [3.63, 3.8) is 0 Å². The summed E-state index contributed by atoms with van der Waals surface area (Å²) in [6.45, 7) is 8.47. The number of nitrogens with one attached hydrogen (secondary N) is 2. The first-order chi connectivity index (χ1) is 15.4. The molecule has 0 saturated heterocycles. The lowest BCUT2D eigenvalue weighted by Gasteiger charge is -2.12. The van der Waals surface area contributed by atoms with Gasteiger partial charge in [0.15, 0.2) is 0 Å². The van der Waals surface area contributed by atoms with Crippen molar-refractivity contribution in [2.75, 3.05) is 10.6 Å². The molecule has 0 fully saturated rings. The summed E-state index contributed by atoms with van der Waals surface area (Å²) in [4.78, 5) is 9.54. The summed E-state index contributed by atoms with van der Waals surface area (Å²) in [5.41, 5.74) is 8.92. The van der Waals surface area contributed by atoms with Crippen LogP contribution in [-0.2, 0) is 0 Å². The van der Waals surface area contributed by atoms with Crippen LogP contribution < -0.4 is 10.6 Å². The van der Waals surface area contributed by atoms with E-state index in [9.17, 15) is 0 Å². The number of pyridine rings is 2. The van der Waals surface area contributed by atoms with Crippen LogP contribution in [0.5, 0.6) is 0 Å². The number of rotatable bonds is 4. The van der Waals surface area contributed by atoms with Gasteiger partial charge in [-0.3, -0.25) is 0 Å². The van der Waals surface area contributed by atoms with E-state index in [0.29, 0.717) is 0 Å². The van der Waals surface area contributed by atoms with Crippen molar-refractivity contribution >= 4 is 69.6 Å². The molecule has 0 saturated carbocycles. The molecule has 174 valence electrons. The first kappa shape index (κ1) is 25.3. The van der Waals surface area contributed by atoms with Crippen LogP contribution in [0.1, 0.15) is 22.3 Å². The summed E-state index contributed by atoms with van der Waals surface area (Å²) < 4.78 is 0. The monoisotopic (exact) mass is 490 g/mol. The SMILES string of the molecule is Cc1ccc2nc(Nc3ccc(Nc4cc(C)c5cc(C)ccc5n4)cc3)cc(C)c2c1.Cl.Cl. The van der Waals surface area contributed by atoms with E-state index < -0.39 is 0 Å². The van der Waals surface area contributed by atoms with E-state index in [2.05, 4.69) is 111 Å². The predicted octanol–water partition coefficient (Wildman–Crippen LogP) is 8.35. The lowest BCUT2D eigenvalue weighted by atomic mass is 10.1. The van der Waals surface area contributed by atoms with Gasteiger partial charge in [-0.05, 0) is 99.5 Å². The van der Waals surface area contributed by atoms with Crippen LogP contribution in [0.3, 0.4) is 0 Å². The Morgan fingerprint density at radius 3 is 1.26 bits per heavy atom. The average molecular weight is 491 g/mol. The van der Waals surface area contributed by atoms with Crippen LogP contribution in [0.15, 0.2) is 72.8 Å². The summed E-state index contributed by atoms with van der Waals surface area (Å²) in [5, 5.41) is 9.25. The second-order valence-electron chi connectivity index (χ2n) is 8.52. The Bertz CT molecular complexity index is 1350. The van der Waals surface area contributed by atoms with Gasteiger partial charge >= 0.3 is 0 Å². The van der Waals surface area contributed by atoms with Gasteiger partial charge in [0.1, 0.15) is 11.6 Å². The first-order valence-corrected chi connectivity index (χ1v) is 10.8. The van der Waals surface area contributed by atoms with Crippen molar-refractivity contribution in [1.82, 2.24) is 9.97 Å². The molecule has 0 aliphatic heterocycles. The molecule has 5 aromatic rings. The second kappa shape index (κ2) is 10.3. The molecular formula is C28H28Cl2N4. The van der Waals surface area contributed by atoms with E-state index in [0.717, 1.165) is 34.0 Å². The third-order valence-corrected chi connectivity index (χ3v) is 5.77. The fourth-order valence-corrected chi connectivity index (χ4v) is 4.08. The largest absolute Gasteiger partial charge is 0.340 e. The predicted molar refractivity (Wildman–Crippen MR) is 150 cm³/mol. The maximum Gasteiger partial charge on any atom is 0.131 e. The maximum atomic E-state index is 4.77. The molecule has 2 aromatic heterocycles. The fraction of sp³-hybridized carbons (Fsp3) is 0.143. The van der Waals surface area contributed by atoms with Crippen LogP contribution in [0.25, 0.3) is 21.8 Å². The molecule has 3 aromatic carbocycles. The number of anilines is 4. The zero-order valence-electron chi connectivity index (χ0n) is 19.6. The molecule has 2 heterocycles. The van der Waals surface area contributed by atoms with Gasteiger partial charge < -0.3 is 10.6 Å². The van der Waals surface area contributed by atoms with Gasteiger partial charge in [-0.2, -0.15) is 0 Å². The normalized spacial score (nSPS) is 10.5. The molecule has 4 nitrogen and oxygen atoms in total. The van der Waals surface area contributed by atoms with Crippen LogP contribution in [-0.4, -0.2) is 9.97 Å². The minimum atomic E-state index is 0. The van der Waals surface area contributed by atoms with Gasteiger partial charge in [-0.15, -0.1) is 24.8 Å². The molecule has 34 heavy (non-hydrogen) atoms. The molecule has 0 unspecified atom stereocenters. The molecule has 0 amide bonds. The lowest BCUT2D eigenvalue weighted by Crippen LogP contribution is -1.98. The summed E-state index contributed by atoms with van der Waals surface area (Å²) in [7, 11) is 0. The lowest BCUT2D eigenvalue weighted by molar-refractivity contribution is 1.32. The summed E-state index contributed by atoms with van der Waals surface area (Å²) in [6.07, 6.45) is 0. The van der Waals surface area contributed by atoms with Crippen LogP contribution >= 0.6 is 24.8 Å². The molecule has 2 N–H and O–H groups in total. The number of nitrogens with zero attached hydrogens (tertiary/aromatic N) is 2. The molecule has 0 aliphatic rings. The Labute approximate surface area is 212 Å². The summed E-state index contributed by atoms with van der Waals surface area (Å²) in [5.74, 6) is 1.70. The number of fused-ring (bicyclic) bond motifs is 2. The minimum absolute atomic E-state index is 0. The van der Waals surface area contributed by atoms with Crippen molar-refractivity contribution < 1.29 is 0 Å². The highest BCUT2D eigenvalue weighted by Gasteiger charge is 2.06. The van der Waals surface area contributed by atoms with E-state index in [1.165, 1.54) is 33.0 Å². The number of hydrogen-bond donors (Lipinski definition) is 2. The van der Waals surface area contributed by atoms with Gasteiger partial charge in [0.05, 0.1) is 11.0 Å². The standard InChI is InChI=1S/C28H26N4.2ClH/c1-17-5-11-25-23(13-17)19(3)15-27(31-25)29-21-7-9-22(10-8-21)30-28-16-20(4)24-14-18(2)6-12-26(24)32-28;;/h5-16H,1-4H3,(H,29,31)(H,30,32);2*1H. The zero-order valence-corrected chi connectivity index (χ0v) is 21.3. The number of aryl methyl sites for hydroxylation is 4. The Morgan fingerprint density at radius 1 is 0.500 bits per heavy atom. The van der Waals surface area contributed by atoms with Gasteiger partial charge in [0.2, 0.25) is 0 Å². The summed E-state index contributed by atoms with van der Waals surface area (Å²) >= 11 is 0. The Hall–Kier alpha value is -3.34. The van der Waals surface area contributed by atoms with E-state index >= 15 is 0 Å². The molecular weight excluding hydrogens is 463 g/mol. The minimum Gasteiger partial charge on any atom is -0.340 e. The number of benzene rings is 3. The van der Waals surface area contributed by atoms with Crippen LogP contribution in [0, 0.1) is 27.7 Å². The molecule has 0 spiro atoms.